The number of carbonyl (C=O) groups excluding carboxylic acids is 1. The summed E-state index contributed by atoms with van der Waals surface area (Å²) >= 11 is 2.62. The summed E-state index contributed by atoms with van der Waals surface area (Å²) in [6.45, 7) is 2.65. The Balaban J connectivity index is 0.000000591. The monoisotopic (exact) mass is 671 g/mol. The first-order chi connectivity index (χ1) is 21.3. The molecule has 0 atom stereocenters. The molecule has 9 nitrogen and oxygen atoms in total. The summed E-state index contributed by atoms with van der Waals surface area (Å²) in [4.78, 5) is 41.1. The summed E-state index contributed by atoms with van der Waals surface area (Å²) in [5.41, 5.74) is 1.54. The van der Waals surface area contributed by atoms with Gasteiger partial charge in [0.25, 0.3) is 5.91 Å². The normalized spacial score (nSPS) is 13.4. The van der Waals surface area contributed by atoms with Gasteiger partial charge >= 0.3 is 18.1 Å². The molecule has 3 heterocycles. The van der Waals surface area contributed by atoms with Crippen LogP contribution >= 0.6 is 22.7 Å². The first kappa shape index (κ1) is 33.7. The lowest BCUT2D eigenvalue weighted by Crippen LogP contribution is -2.41. The van der Waals surface area contributed by atoms with E-state index in [-0.39, 0.29) is 24.2 Å². The van der Waals surface area contributed by atoms with Crippen LogP contribution in [0.15, 0.2) is 47.2 Å². The molecule has 1 saturated heterocycles. The van der Waals surface area contributed by atoms with Gasteiger partial charge in [0.15, 0.2) is 11.6 Å². The van der Waals surface area contributed by atoms with Crippen LogP contribution in [0.1, 0.15) is 28.3 Å². The Hall–Kier alpha value is -4.15. The lowest BCUT2D eigenvalue weighted by Gasteiger charge is -2.23. The van der Waals surface area contributed by atoms with Crippen molar-refractivity contribution in [2.24, 2.45) is 0 Å². The number of alkyl halides is 3. The highest BCUT2D eigenvalue weighted by Crippen LogP contribution is 2.36. The number of likely N-dealkylation sites (tertiary alicyclic amines) is 1. The van der Waals surface area contributed by atoms with Crippen LogP contribution in [0.4, 0.5) is 22.0 Å². The van der Waals surface area contributed by atoms with Crippen molar-refractivity contribution >= 4 is 50.6 Å². The van der Waals surface area contributed by atoms with Crippen molar-refractivity contribution in [3.63, 3.8) is 0 Å². The molecule has 4 aromatic rings. The van der Waals surface area contributed by atoms with Gasteiger partial charge in [0.2, 0.25) is 0 Å². The third kappa shape index (κ3) is 8.95. The Bertz CT molecular complexity index is 1650. The molecule has 1 fully saturated rings. The number of halogens is 5. The number of aliphatic carboxylic acids is 2. The summed E-state index contributed by atoms with van der Waals surface area (Å²) in [6.07, 6.45) is -2.84. The number of amides is 1. The van der Waals surface area contributed by atoms with Crippen LogP contribution in [0.25, 0.3) is 21.2 Å². The summed E-state index contributed by atoms with van der Waals surface area (Å²) in [5.74, 6) is -5.41. The molecule has 2 aromatic heterocycles. The Morgan fingerprint density at radius 2 is 1.69 bits per heavy atom. The molecule has 45 heavy (non-hydrogen) atoms. The number of fused-ring (bicyclic) bond motifs is 1. The van der Waals surface area contributed by atoms with E-state index in [2.05, 4.69) is 9.88 Å². The van der Waals surface area contributed by atoms with Crippen LogP contribution in [0.3, 0.4) is 0 Å². The van der Waals surface area contributed by atoms with E-state index in [9.17, 15) is 36.6 Å². The minimum atomic E-state index is -5.08. The lowest BCUT2D eigenvalue weighted by atomic mass is 10.0. The fourth-order valence-electron chi connectivity index (χ4n) is 4.49. The number of nitrogens with zero attached hydrogens (tertiary/aromatic N) is 3. The zero-order valence-electron chi connectivity index (χ0n) is 23.4. The fraction of sp³-hybridized carbons (Fsp3) is 0.310. The zero-order valence-corrected chi connectivity index (χ0v) is 25.0. The van der Waals surface area contributed by atoms with Gasteiger partial charge in [0.05, 0.1) is 0 Å². The van der Waals surface area contributed by atoms with Crippen LogP contribution in [0, 0.1) is 11.6 Å². The maximum absolute atomic E-state index is 14.1. The number of rotatable bonds is 10. The molecular weight excluding hydrogens is 645 g/mol. The predicted octanol–water partition coefficient (Wildman–Crippen LogP) is 6.14. The van der Waals surface area contributed by atoms with Gasteiger partial charge in [-0.15, -0.1) is 22.7 Å². The number of thiophene rings is 1. The van der Waals surface area contributed by atoms with E-state index in [1.165, 1.54) is 33.6 Å². The number of benzene rings is 2. The zero-order chi connectivity index (χ0) is 32.7. The number of hydrogen-bond acceptors (Lipinski definition) is 8. The van der Waals surface area contributed by atoms with E-state index in [0.29, 0.717) is 34.1 Å². The van der Waals surface area contributed by atoms with Crippen molar-refractivity contribution in [2.75, 3.05) is 32.7 Å². The highest BCUT2D eigenvalue weighted by molar-refractivity contribution is 7.17. The van der Waals surface area contributed by atoms with Gasteiger partial charge in [-0.25, -0.2) is 18.6 Å². The van der Waals surface area contributed by atoms with Gasteiger partial charge in [-0.2, -0.15) is 13.2 Å². The van der Waals surface area contributed by atoms with Crippen LogP contribution in [0.2, 0.25) is 0 Å². The Kier molecular flexibility index (Phi) is 11.1. The molecule has 0 radical (unpaired) electrons. The quantitative estimate of drug-likeness (QED) is 0.193. The van der Waals surface area contributed by atoms with Crippen molar-refractivity contribution in [2.45, 2.75) is 25.6 Å². The second kappa shape index (κ2) is 14.8. The van der Waals surface area contributed by atoms with E-state index in [0.717, 1.165) is 31.5 Å². The van der Waals surface area contributed by atoms with E-state index in [4.69, 9.17) is 14.6 Å². The van der Waals surface area contributed by atoms with Gasteiger partial charge in [-0.3, -0.25) is 9.59 Å². The first-order valence-electron chi connectivity index (χ1n) is 13.4. The average molecular weight is 672 g/mol. The molecule has 0 bridgehead atoms. The van der Waals surface area contributed by atoms with Crippen molar-refractivity contribution in [3.8, 4) is 16.9 Å². The predicted molar refractivity (Wildman–Crippen MR) is 157 cm³/mol. The third-order valence-corrected chi connectivity index (χ3v) is 8.44. The highest BCUT2D eigenvalue weighted by atomic mass is 32.1. The van der Waals surface area contributed by atoms with Crippen molar-refractivity contribution in [1.29, 1.82) is 0 Å². The van der Waals surface area contributed by atoms with E-state index >= 15 is 0 Å². The SMILES string of the molecule is O=C(O)C(F)(F)F.O=C(O)CN(CCN1CCCC1)C(=O)c1csc(COc2ccc(-c3cc(F)c(F)c4ccsc34)cc2)n1. The molecule has 5 rings (SSSR count). The van der Waals surface area contributed by atoms with Gasteiger partial charge in [0.1, 0.15) is 29.6 Å². The number of carbonyl (C=O) groups is 3. The molecule has 2 aromatic carbocycles. The average Bonchev–Trinajstić information content (AvgIpc) is 3.78. The Morgan fingerprint density at radius 3 is 2.31 bits per heavy atom. The first-order valence-corrected chi connectivity index (χ1v) is 15.2. The molecule has 0 saturated carbocycles. The molecule has 0 unspecified atom stereocenters. The molecule has 16 heteroatoms. The van der Waals surface area contributed by atoms with Crippen LogP contribution in [-0.4, -0.2) is 81.7 Å². The van der Waals surface area contributed by atoms with Crippen LogP contribution in [-0.2, 0) is 16.2 Å². The van der Waals surface area contributed by atoms with Crippen molar-refractivity contribution in [3.05, 3.63) is 69.5 Å². The molecular formula is C29H26F5N3O6S2. The number of thiazole rings is 1. The molecule has 1 aliphatic rings. The summed E-state index contributed by atoms with van der Waals surface area (Å²) in [7, 11) is 0. The van der Waals surface area contributed by atoms with E-state index in [1.54, 1.807) is 41.1 Å². The maximum atomic E-state index is 14.1. The summed E-state index contributed by atoms with van der Waals surface area (Å²) in [5, 5.41) is 20.6. The summed E-state index contributed by atoms with van der Waals surface area (Å²) in [6, 6.07) is 9.81. The number of aromatic nitrogens is 1. The van der Waals surface area contributed by atoms with Crippen LogP contribution < -0.4 is 4.74 Å². The number of carboxylic acids is 2. The fourth-order valence-corrected chi connectivity index (χ4v) is 6.09. The van der Waals surface area contributed by atoms with Gasteiger partial charge in [0, 0.05) is 34.1 Å². The topological polar surface area (TPSA) is 120 Å². The molecule has 240 valence electrons. The van der Waals surface area contributed by atoms with Crippen molar-refractivity contribution < 1.29 is 51.3 Å². The second-order valence-electron chi connectivity index (χ2n) is 9.79. The minimum absolute atomic E-state index is 0.129. The largest absolute Gasteiger partial charge is 0.490 e. The third-order valence-electron chi connectivity index (χ3n) is 6.67. The number of ether oxygens (including phenoxy) is 1. The molecule has 2 N–H and O–H groups in total. The Morgan fingerprint density at radius 1 is 1.02 bits per heavy atom. The number of hydrogen-bond donors (Lipinski definition) is 2. The van der Waals surface area contributed by atoms with Gasteiger partial charge in [-0.05, 0) is 61.1 Å². The maximum Gasteiger partial charge on any atom is 0.490 e. The van der Waals surface area contributed by atoms with Gasteiger partial charge in [-0.1, -0.05) is 12.1 Å². The molecule has 0 spiro atoms. The summed E-state index contributed by atoms with van der Waals surface area (Å²) < 4.78 is 66.4. The van der Waals surface area contributed by atoms with E-state index in [1.807, 2.05) is 0 Å². The highest BCUT2D eigenvalue weighted by Gasteiger charge is 2.38. The second-order valence-corrected chi connectivity index (χ2v) is 11.7. The standard InChI is InChI=1S/C27H25F2N3O4S2.C2HF3O2/c28-21-13-20(26-19(25(21)29)7-12-37-26)17-3-5-18(6-4-17)36-15-23-30-22(16-38-23)27(35)32(14-24(33)34)11-10-31-8-1-2-9-31;3-2(4,5)1(6)7/h3-7,12-13,16H,1-2,8-11,14-15H2,(H,33,34);(H,6,7). The minimum Gasteiger partial charge on any atom is -0.486 e. The smallest absolute Gasteiger partial charge is 0.486 e. The number of carboxylic acid groups (broad SMARTS) is 2. The lowest BCUT2D eigenvalue weighted by molar-refractivity contribution is -0.192. The van der Waals surface area contributed by atoms with Crippen molar-refractivity contribution in [1.82, 2.24) is 14.8 Å². The molecule has 1 aliphatic heterocycles. The Labute approximate surface area is 261 Å². The van der Waals surface area contributed by atoms with E-state index < -0.39 is 35.7 Å². The van der Waals surface area contributed by atoms with Gasteiger partial charge < -0.3 is 24.7 Å². The molecule has 0 aliphatic carbocycles. The molecule has 1 amide bonds. The van der Waals surface area contributed by atoms with Crippen LogP contribution in [0.5, 0.6) is 5.75 Å².